The van der Waals surface area contributed by atoms with Crippen LogP contribution in [-0.4, -0.2) is 34.4 Å². The van der Waals surface area contributed by atoms with Crippen LogP contribution >= 0.6 is 0 Å². The Balaban J connectivity index is 1.83. The number of benzene rings is 1. The van der Waals surface area contributed by atoms with Crippen LogP contribution in [-0.2, 0) is 9.31 Å². The molecule has 0 amide bonds. The molecular weight excluding hydrogens is 341 g/mol. The molecule has 6 nitrogen and oxygen atoms in total. The Labute approximate surface area is 161 Å². The summed E-state index contributed by atoms with van der Waals surface area (Å²) >= 11 is 0. The second-order valence-corrected chi connectivity index (χ2v) is 8.23. The summed E-state index contributed by atoms with van der Waals surface area (Å²) in [5.41, 5.74) is 2.19. The summed E-state index contributed by atoms with van der Waals surface area (Å²) in [5.74, 6) is 1.03. The highest BCUT2D eigenvalue weighted by Gasteiger charge is 2.51. The first kappa shape index (κ1) is 19.6. The van der Waals surface area contributed by atoms with Gasteiger partial charge >= 0.3 is 7.12 Å². The van der Waals surface area contributed by atoms with Crippen molar-refractivity contribution in [2.24, 2.45) is 0 Å². The summed E-state index contributed by atoms with van der Waals surface area (Å²) in [7, 11) is -0.410. The summed E-state index contributed by atoms with van der Waals surface area (Å²) in [6.07, 6.45) is 1.74. The third-order valence-electron chi connectivity index (χ3n) is 4.87. The predicted octanol–water partition coefficient (Wildman–Crippen LogP) is 3.62. The maximum atomic E-state index is 6.17. The van der Waals surface area contributed by atoms with Crippen molar-refractivity contribution in [2.45, 2.75) is 65.8 Å². The Morgan fingerprint density at radius 3 is 2.37 bits per heavy atom. The first-order valence-corrected chi connectivity index (χ1v) is 9.30. The number of hydrogen-bond donors (Lipinski definition) is 1. The fraction of sp³-hybridized carbons (Fsp3) is 0.500. The first-order chi connectivity index (χ1) is 12.6. The Morgan fingerprint density at radius 1 is 1.07 bits per heavy atom. The summed E-state index contributed by atoms with van der Waals surface area (Å²) in [5, 5.41) is 3.25. The van der Waals surface area contributed by atoms with Crippen molar-refractivity contribution in [1.82, 2.24) is 9.97 Å². The van der Waals surface area contributed by atoms with Gasteiger partial charge in [-0.2, -0.15) is 4.98 Å². The highest BCUT2D eigenvalue weighted by molar-refractivity contribution is 6.62. The van der Waals surface area contributed by atoms with Gasteiger partial charge in [-0.1, -0.05) is 6.07 Å². The molecule has 0 spiro atoms. The second-order valence-electron chi connectivity index (χ2n) is 8.23. The van der Waals surface area contributed by atoms with Gasteiger partial charge in [0, 0.05) is 18.0 Å². The lowest BCUT2D eigenvalue weighted by Gasteiger charge is -2.32. The minimum absolute atomic E-state index is 0.0571. The molecule has 0 bridgehead atoms. The molecule has 0 radical (unpaired) electrons. The highest BCUT2D eigenvalue weighted by Crippen LogP contribution is 2.36. The van der Waals surface area contributed by atoms with E-state index in [0.29, 0.717) is 11.8 Å². The van der Waals surface area contributed by atoms with Gasteiger partial charge < -0.3 is 19.4 Å². The summed E-state index contributed by atoms with van der Waals surface area (Å²) in [6, 6.07) is 7.87. The number of aryl methyl sites for hydroxylation is 1. The summed E-state index contributed by atoms with van der Waals surface area (Å²) in [4.78, 5) is 8.68. The summed E-state index contributed by atoms with van der Waals surface area (Å²) in [6.45, 7) is 14.2. The molecule has 0 unspecified atom stereocenters. The van der Waals surface area contributed by atoms with Crippen LogP contribution in [0.5, 0.6) is 5.88 Å². The number of nitrogens with one attached hydrogen (secondary N) is 1. The van der Waals surface area contributed by atoms with Gasteiger partial charge in [0.1, 0.15) is 0 Å². The number of aromatic nitrogens is 2. The lowest BCUT2D eigenvalue weighted by molar-refractivity contribution is 0.00578. The maximum Gasteiger partial charge on any atom is 0.494 e. The predicted molar refractivity (Wildman–Crippen MR) is 108 cm³/mol. The van der Waals surface area contributed by atoms with E-state index in [4.69, 9.17) is 14.0 Å². The molecule has 3 rings (SSSR count). The zero-order valence-electron chi connectivity index (χ0n) is 17.2. The van der Waals surface area contributed by atoms with Crippen LogP contribution < -0.4 is 15.5 Å². The topological polar surface area (TPSA) is 65.5 Å². The lowest BCUT2D eigenvalue weighted by Crippen LogP contribution is -2.41. The number of nitrogens with zero attached hydrogens (tertiary/aromatic N) is 2. The molecule has 1 aromatic heterocycles. The van der Waals surface area contributed by atoms with Crippen LogP contribution in [0.15, 0.2) is 30.5 Å². The van der Waals surface area contributed by atoms with Gasteiger partial charge in [0.25, 0.3) is 0 Å². The molecule has 2 heterocycles. The number of ether oxygens (including phenoxy) is 1. The Bertz CT molecular complexity index is 808. The van der Waals surface area contributed by atoms with Crippen LogP contribution in [0.3, 0.4) is 0 Å². The van der Waals surface area contributed by atoms with Crippen molar-refractivity contribution < 1.29 is 14.0 Å². The van der Waals surface area contributed by atoms with Crippen molar-refractivity contribution in [3.63, 3.8) is 0 Å². The third kappa shape index (κ3) is 4.42. The minimum atomic E-state index is -0.410. The minimum Gasteiger partial charge on any atom is -0.475 e. The van der Waals surface area contributed by atoms with Gasteiger partial charge in [0.2, 0.25) is 11.8 Å². The Hall–Kier alpha value is -2.12. The molecule has 0 atom stereocenters. The number of rotatable bonds is 5. The van der Waals surface area contributed by atoms with Gasteiger partial charge in [-0.15, -0.1) is 0 Å². The van der Waals surface area contributed by atoms with Gasteiger partial charge in [0.15, 0.2) is 0 Å². The van der Waals surface area contributed by atoms with Crippen LogP contribution in [0, 0.1) is 6.92 Å². The second kappa shape index (κ2) is 7.13. The van der Waals surface area contributed by atoms with E-state index >= 15 is 0 Å². The first-order valence-electron chi connectivity index (χ1n) is 9.30. The quantitative estimate of drug-likeness (QED) is 0.813. The molecule has 1 fully saturated rings. The fourth-order valence-corrected chi connectivity index (χ4v) is 2.84. The van der Waals surface area contributed by atoms with E-state index in [1.165, 1.54) is 0 Å². The molecule has 7 heteroatoms. The Morgan fingerprint density at radius 2 is 1.74 bits per heavy atom. The van der Waals surface area contributed by atoms with Crippen molar-refractivity contribution in [2.75, 3.05) is 5.32 Å². The largest absolute Gasteiger partial charge is 0.494 e. The van der Waals surface area contributed by atoms with E-state index in [1.807, 2.05) is 32.9 Å². The molecular formula is C20H28BN3O3. The third-order valence-corrected chi connectivity index (χ3v) is 4.87. The Kier molecular flexibility index (Phi) is 5.19. The number of anilines is 2. The standard InChI is InChI=1S/C20H28BN3O3/c1-13(2)25-17-8-9-22-18(24-17)23-16-11-14(3)10-15(12-16)21-26-19(4,5)20(6,7)27-21/h8-13H,1-7H3,(H,22,23,24). The zero-order chi connectivity index (χ0) is 19.8. The molecule has 1 aromatic carbocycles. The number of hydrogen-bond acceptors (Lipinski definition) is 6. The van der Waals surface area contributed by atoms with E-state index in [0.717, 1.165) is 16.7 Å². The van der Waals surface area contributed by atoms with Crippen LogP contribution in [0.4, 0.5) is 11.6 Å². The van der Waals surface area contributed by atoms with Gasteiger partial charge in [-0.3, -0.25) is 0 Å². The molecule has 2 aromatic rings. The average molecular weight is 369 g/mol. The molecule has 0 saturated carbocycles. The van der Waals surface area contributed by atoms with Crippen molar-refractivity contribution in [3.8, 4) is 5.88 Å². The monoisotopic (exact) mass is 369 g/mol. The average Bonchev–Trinajstić information content (AvgIpc) is 2.74. The lowest BCUT2D eigenvalue weighted by atomic mass is 9.78. The molecule has 144 valence electrons. The van der Waals surface area contributed by atoms with E-state index in [9.17, 15) is 0 Å². The molecule has 1 aliphatic heterocycles. The maximum absolute atomic E-state index is 6.17. The van der Waals surface area contributed by atoms with Crippen LogP contribution in [0.25, 0.3) is 0 Å². The van der Waals surface area contributed by atoms with Gasteiger partial charge in [0.05, 0.1) is 17.3 Å². The zero-order valence-corrected chi connectivity index (χ0v) is 17.2. The van der Waals surface area contributed by atoms with Gasteiger partial charge in [-0.25, -0.2) is 4.98 Å². The van der Waals surface area contributed by atoms with Crippen LogP contribution in [0.1, 0.15) is 47.1 Å². The van der Waals surface area contributed by atoms with Crippen molar-refractivity contribution in [1.29, 1.82) is 0 Å². The molecule has 1 N–H and O–H groups in total. The molecule has 0 aliphatic carbocycles. The summed E-state index contributed by atoms with van der Waals surface area (Å²) < 4.78 is 18.0. The van der Waals surface area contributed by atoms with Crippen molar-refractivity contribution in [3.05, 3.63) is 36.0 Å². The van der Waals surface area contributed by atoms with E-state index in [-0.39, 0.29) is 17.3 Å². The van der Waals surface area contributed by atoms with Gasteiger partial charge in [-0.05, 0) is 71.6 Å². The molecule has 1 saturated heterocycles. The van der Waals surface area contributed by atoms with E-state index in [2.05, 4.69) is 49.0 Å². The van der Waals surface area contributed by atoms with E-state index in [1.54, 1.807) is 12.3 Å². The normalized spacial score (nSPS) is 18.0. The van der Waals surface area contributed by atoms with Crippen LogP contribution in [0.2, 0.25) is 0 Å². The van der Waals surface area contributed by atoms with E-state index < -0.39 is 7.12 Å². The molecule has 1 aliphatic rings. The SMILES string of the molecule is Cc1cc(Nc2nccc(OC(C)C)n2)cc(B2OC(C)(C)C(C)(C)O2)c1. The molecule has 27 heavy (non-hydrogen) atoms. The fourth-order valence-electron chi connectivity index (χ4n) is 2.84. The smallest absolute Gasteiger partial charge is 0.475 e. The van der Waals surface area contributed by atoms with Crippen molar-refractivity contribution >= 4 is 24.2 Å². The highest BCUT2D eigenvalue weighted by atomic mass is 16.7.